The molecule has 5 heteroatoms. The molecule has 5 nitrogen and oxygen atoms in total. The van der Waals surface area contributed by atoms with Gasteiger partial charge < -0.3 is 14.6 Å². The van der Waals surface area contributed by atoms with E-state index in [-0.39, 0.29) is 0 Å². The molecule has 1 heterocycles. The van der Waals surface area contributed by atoms with E-state index in [2.05, 4.69) is 4.98 Å². The van der Waals surface area contributed by atoms with Crippen LogP contribution < -0.4 is 9.47 Å². The van der Waals surface area contributed by atoms with Crippen molar-refractivity contribution in [3.8, 4) is 17.4 Å². The van der Waals surface area contributed by atoms with E-state index in [0.29, 0.717) is 17.4 Å². The zero-order valence-corrected chi connectivity index (χ0v) is 13.4. The van der Waals surface area contributed by atoms with Crippen molar-refractivity contribution in [3.63, 3.8) is 0 Å². The Morgan fingerprint density at radius 1 is 1.04 bits per heavy atom. The minimum absolute atomic E-state index is 0.472. The van der Waals surface area contributed by atoms with E-state index < -0.39 is 12.1 Å². The average Bonchev–Trinajstić information content (AvgIpc) is 2.56. The maximum absolute atomic E-state index is 10.8. The number of pyridine rings is 1. The summed E-state index contributed by atoms with van der Waals surface area (Å²) in [7, 11) is 0. The normalized spacial score (nSPS) is 11.9. The van der Waals surface area contributed by atoms with Crippen molar-refractivity contribution < 1.29 is 19.4 Å². The summed E-state index contributed by atoms with van der Waals surface area (Å²) in [6, 6.07) is 16.6. The van der Waals surface area contributed by atoms with E-state index in [1.807, 2.05) is 37.3 Å². The molecular formula is C19H17NO4. The van der Waals surface area contributed by atoms with Crippen LogP contribution in [0.15, 0.2) is 54.6 Å². The third-order valence-corrected chi connectivity index (χ3v) is 3.53. The highest BCUT2D eigenvalue weighted by atomic mass is 16.5. The van der Waals surface area contributed by atoms with Gasteiger partial charge in [0.25, 0.3) is 0 Å². The Morgan fingerprint density at radius 3 is 2.42 bits per heavy atom. The second kappa shape index (κ2) is 6.58. The van der Waals surface area contributed by atoms with Crippen LogP contribution in [-0.2, 0) is 4.79 Å². The van der Waals surface area contributed by atoms with Crippen LogP contribution in [0, 0.1) is 6.92 Å². The van der Waals surface area contributed by atoms with Crippen molar-refractivity contribution in [2.24, 2.45) is 0 Å². The van der Waals surface area contributed by atoms with Crippen LogP contribution >= 0.6 is 0 Å². The number of carboxylic acids is 1. The van der Waals surface area contributed by atoms with Gasteiger partial charge in [0, 0.05) is 11.5 Å². The Balaban J connectivity index is 1.75. The monoisotopic (exact) mass is 323 g/mol. The fraction of sp³-hybridized carbons (Fsp3) is 0.158. The number of benzene rings is 2. The van der Waals surface area contributed by atoms with E-state index >= 15 is 0 Å². The summed E-state index contributed by atoms with van der Waals surface area (Å²) in [5, 5.41) is 9.90. The molecule has 0 aliphatic rings. The summed E-state index contributed by atoms with van der Waals surface area (Å²) in [5.74, 6) is 0.566. The van der Waals surface area contributed by atoms with Crippen LogP contribution in [0.3, 0.4) is 0 Å². The number of aryl methyl sites for hydroxylation is 1. The van der Waals surface area contributed by atoms with Gasteiger partial charge in [-0.05, 0) is 55.8 Å². The predicted octanol–water partition coefficient (Wildman–Crippen LogP) is 4.19. The quantitative estimate of drug-likeness (QED) is 0.762. The SMILES string of the molecule is Cc1ccc2ccc(Oc3ccc(O[C@H](C)C(=O)O)cc3)nc2c1. The molecule has 0 aliphatic heterocycles. The van der Waals surface area contributed by atoms with Gasteiger partial charge in [0.15, 0.2) is 6.10 Å². The molecule has 0 saturated heterocycles. The Labute approximate surface area is 139 Å². The fourth-order valence-corrected chi connectivity index (χ4v) is 2.23. The van der Waals surface area contributed by atoms with Gasteiger partial charge in [-0.1, -0.05) is 12.1 Å². The topological polar surface area (TPSA) is 68.7 Å². The molecule has 3 aromatic rings. The molecule has 0 fully saturated rings. The molecule has 0 amide bonds. The zero-order valence-electron chi connectivity index (χ0n) is 13.4. The third kappa shape index (κ3) is 3.63. The number of rotatable bonds is 5. The highest BCUT2D eigenvalue weighted by Crippen LogP contribution is 2.25. The summed E-state index contributed by atoms with van der Waals surface area (Å²) in [6.07, 6.45) is -0.901. The minimum atomic E-state index is -1.01. The first-order chi connectivity index (χ1) is 11.5. The van der Waals surface area contributed by atoms with E-state index in [9.17, 15) is 4.79 Å². The van der Waals surface area contributed by atoms with Crippen molar-refractivity contribution in [3.05, 3.63) is 60.2 Å². The van der Waals surface area contributed by atoms with Gasteiger partial charge in [-0.2, -0.15) is 0 Å². The van der Waals surface area contributed by atoms with Crippen molar-refractivity contribution in [1.29, 1.82) is 0 Å². The van der Waals surface area contributed by atoms with Crippen LogP contribution in [0.25, 0.3) is 10.9 Å². The number of carbonyl (C=O) groups is 1. The molecule has 0 spiro atoms. The lowest BCUT2D eigenvalue weighted by Gasteiger charge is -2.11. The minimum Gasteiger partial charge on any atom is -0.479 e. The highest BCUT2D eigenvalue weighted by Gasteiger charge is 2.12. The lowest BCUT2D eigenvalue weighted by Crippen LogP contribution is -2.22. The van der Waals surface area contributed by atoms with Gasteiger partial charge in [0.05, 0.1) is 5.52 Å². The lowest BCUT2D eigenvalue weighted by molar-refractivity contribution is -0.144. The Bertz CT molecular complexity index is 874. The maximum Gasteiger partial charge on any atom is 0.344 e. The molecule has 0 radical (unpaired) electrons. The van der Waals surface area contributed by atoms with Crippen LogP contribution in [0.1, 0.15) is 12.5 Å². The average molecular weight is 323 g/mol. The maximum atomic E-state index is 10.8. The molecule has 122 valence electrons. The number of hydrogen-bond acceptors (Lipinski definition) is 4. The molecule has 0 unspecified atom stereocenters. The summed E-state index contributed by atoms with van der Waals surface area (Å²) in [5.41, 5.74) is 2.02. The van der Waals surface area contributed by atoms with Gasteiger partial charge in [-0.25, -0.2) is 9.78 Å². The van der Waals surface area contributed by atoms with Gasteiger partial charge in [-0.15, -0.1) is 0 Å². The second-order valence-corrected chi connectivity index (χ2v) is 5.52. The molecule has 0 saturated carbocycles. The highest BCUT2D eigenvalue weighted by molar-refractivity contribution is 5.79. The largest absolute Gasteiger partial charge is 0.479 e. The summed E-state index contributed by atoms with van der Waals surface area (Å²) in [4.78, 5) is 15.3. The molecule has 24 heavy (non-hydrogen) atoms. The van der Waals surface area contributed by atoms with Crippen LogP contribution in [0.2, 0.25) is 0 Å². The molecule has 1 N–H and O–H groups in total. The number of fused-ring (bicyclic) bond motifs is 1. The number of aromatic nitrogens is 1. The van der Waals surface area contributed by atoms with Gasteiger partial charge >= 0.3 is 5.97 Å². The van der Waals surface area contributed by atoms with E-state index in [0.717, 1.165) is 16.5 Å². The molecule has 0 aliphatic carbocycles. The second-order valence-electron chi connectivity index (χ2n) is 5.52. The number of aliphatic carboxylic acids is 1. The number of ether oxygens (including phenoxy) is 2. The summed E-state index contributed by atoms with van der Waals surface area (Å²) in [6.45, 7) is 3.50. The number of nitrogens with zero attached hydrogens (tertiary/aromatic N) is 1. The smallest absolute Gasteiger partial charge is 0.344 e. The molecule has 1 atom stereocenters. The van der Waals surface area contributed by atoms with Gasteiger partial charge in [0.2, 0.25) is 5.88 Å². The molecule has 3 rings (SSSR count). The van der Waals surface area contributed by atoms with Gasteiger partial charge in [0.1, 0.15) is 11.5 Å². The Kier molecular flexibility index (Phi) is 4.33. The van der Waals surface area contributed by atoms with E-state index in [4.69, 9.17) is 14.6 Å². The van der Waals surface area contributed by atoms with Crippen molar-refractivity contribution >= 4 is 16.9 Å². The third-order valence-electron chi connectivity index (χ3n) is 3.53. The molecule has 1 aromatic heterocycles. The summed E-state index contributed by atoms with van der Waals surface area (Å²) < 4.78 is 11.0. The fourth-order valence-electron chi connectivity index (χ4n) is 2.23. The number of carboxylic acid groups (broad SMARTS) is 1. The van der Waals surface area contributed by atoms with Crippen LogP contribution in [-0.4, -0.2) is 22.2 Å². The van der Waals surface area contributed by atoms with Crippen LogP contribution in [0.4, 0.5) is 0 Å². The standard InChI is InChI=1S/C19H17NO4/c1-12-3-4-14-5-10-18(20-17(14)11-12)24-16-8-6-15(7-9-16)23-13(2)19(21)22/h3-11,13H,1-2H3,(H,21,22)/t13-/m1/s1. The van der Waals surface area contributed by atoms with Crippen LogP contribution in [0.5, 0.6) is 17.4 Å². The Morgan fingerprint density at radius 2 is 1.71 bits per heavy atom. The van der Waals surface area contributed by atoms with E-state index in [1.165, 1.54) is 6.92 Å². The van der Waals surface area contributed by atoms with E-state index in [1.54, 1.807) is 24.3 Å². The Hall–Kier alpha value is -3.08. The number of hydrogen-bond donors (Lipinski definition) is 1. The van der Waals surface area contributed by atoms with Crippen molar-refractivity contribution in [2.75, 3.05) is 0 Å². The van der Waals surface area contributed by atoms with Gasteiger partial charge in [-0.3, -0.25) is 0 Å². The molecular weight excluding hydrogens is 306 g/mol. The molecule has 2 aromatic carbocycles. The molecule has 0 bridgehead atoms. The predicted molar refractivity (Wildman–Crippen MR) is 90.7 cm³/mol. The first kappa shape index (κ1) is 15.8. The summed E-state index contributed by atoms with van der Waals surface area (Å²) >= 11 is 0. The first-order valence-electron chi connectivity index (χ1n) is 7.56. The van der Waals surface area contributed by atoms with Crippen molar-refractivity contribution in [1.82, 2.24) is 4.98 Å². The first-order valence-corrected chi connectivity index (χ1v) is 7.56. The lowest BCUT2D eigenvalue weighted by atomic mass is 10.1. The zero-order chi connectivity index (χ0) is 17.1. The van der Waals surface area contributed by atoms with Crippen molar-refractivity contribution in [2.45, 2.75) is 20.0 Å².